The Balaban J connectivity index is 1.95. The molecule has 0 spiro atoms. The highest BCUT2D eigenvalue weighted by Crippen LogP contribution is 2.44. The minimum Gasteiger partial charge on any atom is -0.507 e. The number of anilines is 1. The molecule has 1 fully saturated rings. The van der Waals surface area contributed by atoms with Crippen molar-refractivity contribution in [3.63, 3.8) is 0 Å². The molecule has 0 radical (unpaired) electrons. The summed E-state index contributed by atoms with van der Waals surface area (Å²) in [4.78, 5) is 27.9. The highest BCUT2D eigenvalue weighted by molar-refractivity contribution is 9.10. The first-order valence-corrected chi connectivity index (χ1v) is 11.7. The van der Waals surface area contributed by atoms with Gasteiger partial charge in [0.25, 0.3) is 11.7 Å². The fourth-order valence-corrected chi connectivity index (χ4v) is 4.30. The number of ether oxygens (including phenoxy) is 2. The third-order valence-corrected chi connectivity index (χ3v) is 6.25. The molecular weight excluding hydrogens is 522 g/mol. The van der Waals surface area contributed by atoms with Gasteiger partial charge in [-0.1, -0.05) is 45.7 Å². The van der Waals surface area contributed by atoms with Gasteiger partial charge in [0.2, 0.25) is 0 Å². The van der Waals surface area contributed by atoms with Gasteiger partial charge in [-0.15, -0.1) is 0 Å². The monoisotopic (exact) mass is 541 g/mol. The fraction of sp³-hybridized carbons (Fsp3) is 0.154. The first-order valence-electron chi connectivity index (χ1n) is 10.5. The lowest BCUT2D eigenvalue weighted by Gasteiger charge is -2.26. The van der Waals surface area contributed by atoms with Crippen molar-refractivity contribution in [1.29, 1.82) is 0 Å². The molecule has 1 unspecified atom stereocenters. The van der Waals surface area contributed by atoms with E-state index in [0.717, 1.165) is 4.47 Å². The van der Waals surface area contributed by atoms with E-state index in [1.165, 1.54) is 12.0 Å². The van der Waals surface area contributed by atoms with Crippen LogP contribution in [0.2, 0.25) is 5.02 Å². The molecule has 0 saturated carbocycles. The highest BCUT2D eigenvalue weighted by Gasteiger charge is 2.47. The summed E-state index contributed by atoms with van der Waals surface area (Å²) in [5, 5.41) is 11.7. The van der Waals surface area contributed by atoms with E-state index in [-0.39, 0.29) is 11.3 Å². The lowest BCUT2D eigenvalue weighted by molar-refractivity contribution is -0.132. The summed E-state index contributed by atoms with van der Waals surface area (Å²) in [5.41, 5.74) is 1.45. The number of carbonyl (C=O) groups excluding carboxylic acids is 2. The average Bonchev–Trinajstić information content (AvgIpc) is 3.10. The van der Waals surface area contributed by atoms with E-state index in [0.29, 0.717) is 39.9 Å². The maximum atomic E-state index is 13.3. The number of halogens is 2. The van der Waals surface area contributed by atoms with Crippen LogP contribution in [0.5, 0.6) is 11.5 Å². The zero-order valence-electron chi connectivity index (χ0n) is 18.4. The predicted molar refractivity (Wildman–Crippen MR) is 135 cm³/mol. The van der Waals surface area contributed by atoms with Crippen molar-refractivity contribution in [3.05, 3.63) is 92.9 Å². The summed E-state index contributed by atoms with van der Waals surface area (Å²) in [6.07, 6.45) is 0. The van der Waals surface area contributed by atoms with Crippen molar-refractivity contribution in [3.8, 4) is 11.5 Å². The standard InChI is InChI=1S/C26H21BrClNO5/c1-3-34-21-14-16(6-13-20(21)33-2)23-22(24(30)15-4-7-17(27)8-5-15)25(31)26(32)29(23)19-11-9-18(28)10-12-19/h4-14,23,30H,3H2,1-2H3/b24-22-. The van der Waals surface area contributed by atoms with E-state index < -0.39 is 17.7 Å². The molecule has 0 bridgehead atoms. The second kappa shape index (κ2) is 9.91. The summed E-state index contributed by atoms with van der Waals surface area (Å²) in [6.45, 7) is 2.25. The van der Waals surface area contributed by atoms with Crippen LogP contribution in [0, 0.1) is 0 Å². The third-order valence-electron chi connectivity index (χ3n) is 5.47. The number of carbonyl (C=O) groups is 2. The van der Waals surface area contributed by atoms with Crippen LogP contribution >= 0.6 is 27.5 Å². The number of amides is 1. The quantitative estimate of drug-likeness (QED) is 0.230. The van der Waals surface area contributed by atoms with Crippen LogP contribution in [-0.4, -0.2) is 30.5 Å². The van der Waals surface area contributed by atoms with Crippen LogP contribution in [0.25, 0.3) is 5.76 Å². The Morgan fingerprint density at radius 1 is 1.03 bits per heavy atom. The second-order valence-corrected chi connectivity index (χ2v) is 8.85. The van der Waals surface area contributed by atoms with Gasteiger partial charge in [-0.25, -0.2) is 0 Å². The van der Waals surface area contributed by atoms with Crippen molar-refractivity contribution in [2.75, 3.05) is 18.6 Å². The Morgan fingerprint density at radius 3 is 2.32 bits per heavy atom. The van der Waals surface area contributed by atoms with Crippen molar-refractivity contribution in [2.45, 2.75) is 13.0 Å². The minimum atomic E-state index is -0.894. The maximum Gasteiger partial charge on any atom is 0.300 e. The van der Waals surface area contributed by atoms with E-state index >= 15 is 0 Å². The molecule has 1 atom stereocenters. The minimum absolute atomic E-state index is 0.0186. The van der Waals surface area contributed by atoms with E-state index in [2.05, 4.69) is 15.9 Å². The summed E-state index contributed by atoms with van der Waals surface area (Å²) < 4.78 is 11.9. The molecule has 3 aromatic carbocycles. The average molecular weight is 543 g/mol. The Morgan fingerprint density at radius 2 is 1.71 bits per heavy atom. The fourth-order valence-electron chi connectivity index (χ4n) is 3.91. The topological polar surface area (TPSA) is 76.1 Å². The molecular formula is C26H21BrClNO5. The molecule has 1 saturated heterocycles. The zero-order valence-corrected chi connectivity index (χ0v) is 20.8. The summed E-state index contributed by atoms with van der Waals surface area (Å²) in [7, 11) is 1.53. The van der Waals surface area contributed by atoms with Gasteiger partial charge in [0, 0.05) is 20.7 Å². The van der Waals surface area contributed by atoms with Crippen molar-refractivity contribution >= 4 is 50.7 Å². The molecule has 1 heterocycles. The van der Waals surface area contributed by atoms with Crippen LogP contribution in [0.3, 0.4) is 0 Å². The molecule has 174 valence electrons. The van der Waals surface area contributed by atoms with E-state index in [4.69, 9.17) is 21.1 Å². The number of Topliss-reactive ketones (excluding diaryl/α,β-unsaturated/α-hetero) is 1. The van der Waals surface area contributed by atoms with Crippen molar-refractivity contribution in [2.24, 2.45) is 0 Å². The van der Waals surface area contributed by atoms with Crippen molar-refractivity contribution in [1.82, 2.24) is 0 Å². The first kappa shape index (κ1) is 23.9. The lowest BCUT2D eigenvalue weighted by Crippen LogP contribution is -2.29. The molecule has 1 aliphatic heterocycles. The number of hydrogen-bond acceptors (Lipinski definition) is 5. The smallest absolute Gasteiger partial charge is 0.300 e. The molecule has 1 aliphatic rings. The highest BCUT2D eigenvalue weighted by atomic mass is 79.9. The summed E-state index contributed by atoms with van der Waals surface area (Å²) >= 11 is 9.41. The Hall–Kier alpha value is -3.29. The van der Waals surface area contributed by atoms with Crippen LogP contribution in [-0.2, 0) is 9.59 Å². The van der Waals surface area contributed by atoms with E-state index in [9.17, 15) is 14.7 Å². The number of benzene rings is 3. The van der Waals surface area contributed by atoms with Gasteiger partial charge >= 0.3 is 0 Å². The van der Waals surface area contributed by atoms with Gasteiger partial charge < -0.3 is 14.6 Å². The molecule has 0 aromatic heterocycles. The van der Waals surface area contributed by atoms with Gasteiger partial charge in [0.05, 0.1) is 25.3 Å². The Labute approximate surface area is 210 Å². The van der Waals surface area contributed by atoms with Gasteiger partial charge in [-0.05, 0) is 61.0 Å². The molecule has 3 aromatic rings. The largest absolute Gasteiger partial charge is 0.507 e. The van der Waals surface area contributed by atoms with E-state index in [1.54, 1.807) is 66.7 Å². The molecule has 1 amide bonds. The Bertz CT molecular complexity index is 1270. The van der Waals surface area contributed by atoms with Gasteiger partial charge in [-0.3, -0.25) is 14.5 Å². The lowest BCUT2D eigenvalue weighted by atomic mass is 9.94. The third kappa shape index (κ3) is 4.41. The SMILES string of the molecule is CCOc1cc(C2/C(=C(/O)c3ccc(Br)cc3)C(=O)C(=O)N2c2ccc(Cl)cc2)ccc1OC. The van der Waals surface area contributed by atoms with Crippen LogP contribution in [0.15, 0.2) is 76.8 Å². The van der Waals surface area contributed by atoms with E-state index in [1.807, 2.05) is 6.92 Å². The van der Waals surface area contributed by atoms with Crippen LogP contribution in [0.1, 0.15) is 24.1 Å². The Kier molecular flexibility index (Phi) is 6.95. The number of hydrogen-bond donors (Lipinski definition) is 1. The number of nitrogens with zero attached hydrogens (tertiary/aromatic N) is 1. The first-order chi connectivity index (χ1) is 16.3. The number of aliphatic hydroxyl groups excluding tert-OH is 1. The molecule has 0 aliphatic carbocycles. The second-order valence-electron chi connectivity index (χ2n) is 7.50. The molecule has 8 heteroatoms. The normalized spacial score (nSPS) is 17.2. The molecule has 4 rings (SSSR count). The number of aliphatic hydroxyl groups is 1. The number of rotatable bonds is 6. The number of methoxy groups -OCH3 is 1. The number of ketones is 1. The maximum absolute atomic E-state index is 13.3. The van der Waals surface area contributed by atoms with Crippen LogP contribution in [0.4, 0.5) is 5.69 Å². The summed E-state index contributed by atoms with van der Waals surface area (Å²) in [6, 6.07) is 17.7. The zero-order chi connectivity index (χ0) is 24.4. The van der Waals surface area contributed by atoms with Crippen LogP contribution < -0.4 is 14.4 Å². The molecule has 6 nitrogen and oxygen atoms in total. The summed E-state index contributed by atoms with van der Waals surface area (Å²) in [5.74, 6) is -0.815. The van der Waals surface area contributed by atoms with Gasteiger partial charge in [0.1, 0.15) is 5.76 Å². The van der Waals surface area contributed by atoms with Crippen molar-refractivity contribution < 1.29 is 24.2 Å². The van der Waals surface area contributed by atoms with Gasteiger partial charge in [0.15, 0.2) is 11.5 Å². The molecule has 34 heavy (non-hydrogen) atoms. The molecule has 1 N–H and O–H groups in total. The van der Waals surface area contributed by atoms with Gasteiger partial charge in [-0.2, -0.15) is 0 Å². The predicted octanol–water partition coefficient (Wildman–Crippen LogP) is 6.14.